The summed E-state index contributed by atoms with van der Waals surface area (Å²) in [6, 6.07) is 26.5. The Morgan fingerprint density at radius 2 is 1.69 bits per heavy atom. The van der Waals surface area contributed by atoms with Gasteiger partial charge in [0.25, 0.3) is 0 Å². The van der Waals surface area contributed by atoms with Crippen molar-refractivity contribution in [1.82, 2.24) is 15.1 Å². The van der Waals surface area contributed by atoms with Crippen LogP contribution >= 0.6 is 0 Å². The van der Waals surface area contributed by atoms with Crippen LogP contribution in [0.25, 0.3) is 17.2 Å². The fourth-order valence-electron chi connectivity index (χ4n) is 7.49. The SMILES string of the molecule is Cc1cc(CNC[C@H](O)c2ccc(O)c3c2C=CC(O)N3)ccc1NC(=O)CCCCN(C)C(=O)CCN1CCC(OC(=O)Nc2ccccc2-c2ccccc2)CC1. The molecule has 0 spiro atoms. The lowest BCUT2D eigenvalue weighted by atomic mass is 9.97. The lowest BCUT2D eigenvalue weighted by Crippen LogP contribution is -2.40. The lowest BCUT2D eigenvalue weighted by molar-refractivity contribution is -0.130. The van der Waals surface area contributed by atoms with Gasteiger partial charge < -0.3 is 45.8 Å². The monoisotopic (exact) mass is 804 g/mol. The van der Waals surface area contributed by atoms with Crippen LogP contribution in [-0.4, -0.2) is 95.1 Å². The topological polar surface area (TPSA) is 176 Å². The molecule has 0 bridgehead atoms. The van der Waals surface area contributed by atoms with Gasteiger partial charge in [0.05, 0.1) is 17.5 Å². The third kappa shape index (κ3) is 12.1. The fourth-order valence-corrected chi connectivity index (χ4v) is 7.49. The molecule has 59 heavy (non-hydrogen) atoms. The maximum atomic E-state index is 12.9. The normalized spacial score (nSPS) is 15.8. The molecule has 7 N–H and O–H groups in total. The van der Waals surface area contributed by atoms with Crippen molar-refractivity contribution in [2.24, 2.45) is 0 Å². The zero-order chi connectivity index (χ0) is 41.7. The molecule has 0 aromatic heterocycles. The Hall–Kier alpha value is -5.73. The fraction of sp³-hybridized carbons (Fsp3) is 0.370. The van der Waals surface area contributed by atoms with Crippen LogP contribution in [0, 0.1) is 6.92 Å². The minimum atomic E-state index is -0.903. The predicted octanol–water partition coefficient (Wildman–Crippen LogP) is 6.62. The van der Waals surface area contributed by atoms with E-state index in [1.807, 2.05) is 79.7 Å². The number of benzene rings is 4. The first-order valence-electron chi connectivity index (χ1n) is 20.4. The Bertz CT molecular complexity index is 2090. The van der Waals surface area contributed by atoms with Gasteiger partial charge in [-0.05, 0) is 79.1 Å². The highest BCUT2D eigenvalue weighted by Crippen LogP contribution is 2.37. The molecule has 4 aromatic carbocycles. The molecule has 2 aliphatic rings. The first-order chi connectivity index (χ1) is 28.5. The summed E-state index contributed by atoms with van der Waals surface area (Å²) in [4.78, 5) is 42.4. The summed E-state index contributed by atoms with van der Waals surface area (Å²) in [6.45, 7) is 5.44. The molecule has 2 atom stereocenters. The van der Waals surface area contributed by atoms with Gasteiger partial charge in [0, 0.05) is 76.0 Å². The van der Waals surface area contributed by atoms with Crippen LogP contribution in [-0.2, 0) is 20.9 Å². The third-order valence-corrected chi connectivity index (χ3v) is 10.9. The van der Waals surface area contributed by atoms with Crippen LogP contribution in [0.3, 0.4) is 0 Å². The second kappa shape index (κ2) is 20.8. The van der Waals surface area contributed by atoms with Gasteiger partial charge in [-0.2, -0.15) is 0 Å². The van der Waals surface area contributed by atoms with Crippen molar-refractivity contribution >= 4 is 41.0 Å². The number of hydrogen-bond acceptors (Lipinski definition) is 10. The highest BCUT2D eigenvalue weighted by Gasteiger charge is 2.24. The summed E-state index contributed by atoms with van der Waals surface area (Å²) in [5, 5.41) is 42.9. The number of aliphatic hydroxyl groups is 2. The molecule has 1 fully saturated rings. The molecule has 2 aliphatic heterocycles. The van der Waals surface area contributed by atoms with E-state index in [1.165, 1.54) is 6.07 Å². The molecule has 2 heterocycles. The number of carbonyl (C=O) groups excluding carboxylic acids is 3. The van der Waals surface area contributed by atoms with E-state index >= 15 is 0 Å². The third-order valence-electron chi connectivity index (χ3n) is 10.9. The van der Waals surface area contributed by atoms with Gasteiger partial charge in [0.1, 0.15) is 18.1 Å². The minimum absolute atomic E-state index is 0.00424. The van der Waals surface area contributed by atoms with E-state index in [-0.39, 0.29) is 30.2 Å². The molecule has 0 aliphatic carbocycles. The number of carbonyl (C=O) groups is 3. The lowest BCUT2D eigenvalue weighted by Gasteiger charge is -2.31. The number of rotatable bonds is 17. The largest absolute Gasteiger partial charge is 0.506 e. The molecule has 312 valence electrons. The Balaban J connectivity index is 0.826. The predicted molar refractivity (Wildman–Crippen MR) is 231 cm³/mol. The number of likely N-dealkylation sites (tertiary alicyclic amines) is 1. The van der Waals surface area contributed by atoms with E-state index in [0.717, 1.165) is 41.0 Å². The number of fused-ring (bicyclic) bond motifs is 1. The quantitative estimate of drug-likeness (QED) is 0.0454. The number of phenolic OH excluding ortho intramolecular Hbond substituents is 1. The van der Waals surface area contributed by atoms with E-state index in [1.54, 1.807) is 30.2 Å². The average Bonchev–Trinajstić information content (AvgIpc) is 3.23. The molecule has 1 unspecified atom stereocenters. The highest BCUT2D eigenvalue weighted by atomic mass is 16.6. The molecule has 4 aromatic rings. The molecule has 6 rings (SSSR count). The summed E-state index contributed by atoms with van der Waals surface area (Å²) >= 11 is 0. The number of para-hydroxylation sites is 1. The van der Waals surface area contributed by atoms with Crippen molar-refractivity contribution in [1.29, 1.82) is 0 Å². The van der Waals surface area contributed by atoms with Crippen LogP contribution in [0.15, 0.2) is 91.0 Å². The zero-order valence-electron chi connectivity index (χ0n) is 33.8. The van der Waals surface area contributed by atoms with Crippen LogP contribution in [0.2, 0.25) is 0 Å². The van der Waals surface area contributed by atoms with Crippen molar-refractivity contribution in [3.05, 3.63) is 113 Å². The number of piperidine rings is 1. The average molecular weight is 805 g/mol. The van der Waals surface area contributed by atoms with Crippen LogP contribution in [0.4, 0.5) is 21.9 Å². The van der Waals surface area contributed by atoms with E-state index in [9.17, 15) is 29.7 Å². The van der Waals surface area contributed by atoms with Crippen LogP contribution < -0.4 is 21.3 Å². The minimum Gasteiger partial charge on any atom is -0.506 e. The number of nitrogens with one attached hydrogen (secondary N) is 4. The zero-order valence-corrected chi connectivity index (χ0v) is 33.8. The van der Waals surface area contributed by atoms with Crippen molar-refractivity contribution < 1.29 is 34.4 Å². The second-order valence-corrected chi connectivity index (χ2v) is 15.3. The number of anilines is 3. The maximum absolute atomic E-state index is 12.9. The number of phenols is 1. The molecule has 13 nitrogen and oxygen atoms in total. The first-order valence-corrected chi connectivity index (χ1v) is 20.4. The van der Waals surface area contributed by atoms with Crippen molar-refractivity contribution in [3.8, 4) is 16.9 Å². The highest BCUT2D eigenvalue weighted by molar-refractivity contribution is 5.92. The van der Waals surface area contributed by atoms with Gasteiger partial charge >= 0.3 is 6.09 Å². The number of aliphatic hydroxyl groups excluding tert-OH is 2. The summed E-state index contributed by atoms with van der Waals surface area (Å²) in [5.41, 5.74) is 6.98. The van der Waals surface area contributed by atoms with Gasteiger partial charge in [0.2, 0.25) is 11.8 Å². The van der Waals surface area contributed by atoms with Gasteiger partial charge in [0.15, 0.2) is 0 Å². The molecular formula is C46H56N6O7. The Kier molecular flexibility index (Phi) is 15.1. The van der Waals surface area contributed by atoms with Gasteiger partial charge in [-0.25, -0.2) is 4.79 Å². The standard InChI is InChI=1S/C46H56N6O7/c1-31-28-32(29-47-30-41(54)36-16-19-40(53)45-37(36)17-20-43(56)50-45)15-18-38(31)48-42(55)14-8-9-24-51(2)44(57)23-27-52-25-21-34(22-26-52)59-46(58)49-39-13-7-6-12-35(39)33-10-4-3-5-11-33/h3-7,10-13,15-20,28,34,41,43,47,50,53-54,56H,8-9,14,21-27,29-30H2,1-2H3,(H,48,55)(H,49,58)/t41-,43?/m0/s1. The first kappa shape index (κ1) is 42.9. The van der Waals surface area contributed by atoms with E-state index in [0.29, 0.717) is 80.7 Å². The summed E-state index contributed by atoms with van der Waals surface area (Å²) in [7, 11) is 1.80. The molecule has 0 radical (unpaired) electrons. The molecule has 0 saturated carbocycles. The van der Waals surface area contributed by atoms with Gasteiger partial charge in [-0.15, -0.1) is 0 Å². The molecule has 1 saturated heterocycles. The number of ether oxygens (including phenoxy) is 1. The summed E-state index contributed by atoms with van der Waals surface area (Å²) in [6.07, 6.45) is 4.41. The Morgan fingerprint density at radius 1 is 0.932 bits per heavy atom. The number of unbranched alkanes of at least 4 members (excludes halogenated alkanes) is 1. The molecule has 3 amide bonds. The van der Waals surface area contributed by atoms with Crippen molar-refractivity contribution in [3.63, 3.8) is 0 Å². The molecule has 13 heteroatoms. The number of hydrogen-bond donors (Lipinski definition) is 7. The number of amides is 3. The Labute approximate surface area is 346 Å². The maximum Gasteiger partial charge on any atom is 0.411 e. The van der Waals surface area contributed by atoms with Gasteiger partial charge in [-0.3, -0.25) is 14.9 Å². The molecular weight excluding hydrogens is 749 g/mol. The van der Waals surface area contributed by atoms with E-state index in [4.69, 9.17) is 4.74 Å². The number of nitrogens with zero attached hydrogens (tertiary/aromatic N) is 2. The number of aromatic hydroxyl groups is 1. The second-order valence-electron chi connectivity index (χ2n) is 15.3. The number of aryl methyl sites for hydroxylation is 1. The van der Waals surface area contributed by atoms with Crippen LogP contribution in [0.1, 0.15) is 66.9 Å². The van der Waals surface area contributed by atoms with Crippen LogP contribution in [0.5, 0.6) is 5.75 Å². The Morgan fingerprint density at radius 3 is 2.47 bits per heavy atom. The smallest absolute Gasteiger partial charge is 0.411 e. The van der Waals surface area contributed by atoms with Gasteiger partial charge in [-0.1, -0.05) is 72.8 Å². The van der Waals surface area contributed by atoms with E-state index < -0.39 is 18.4 Å². The van der Waals surface area contributed by atoms with Crippen molar-refractivity contribution in [2.75, 3.05) is 55.7 Å². The van der Waals surface area contributed by atoms with E-state index in [2.05, 4.69) is 26.2 Å². The summed E-state index contributed by atoms with van der Waals surface area (Å²) < 4.78 is 5.76. The van der Waals surface area contributed by atoms with Crippen molar-refractivity contribution in [2.45, 2.75) is 70.4 Å². The summed E-state index contributed by atoms with van der Waals surface area (Å²) in [5.74, 6) is -0.00531.